The summed E-state index contributed by atoms with van der Waals surface area (Å²) in [5, 5.41) is 2.41. The highest BCUT2D eigenvalue weighted by atomic mass is 16.5. The Kier molecular flexibility index (Phi) is 5.28. The molecule has 124 valence electrons. The number of carbonyl (C=O) groups is 2. The molecule has 2 aliphatic rings. The fourth-order valence-electron chi connectivity index (χ4n) is 3.31. The molecule has 1 N–H and O–H groups in total. The van der Waals surface area contributed by atoms with E-state index in [4.69, 9.17) is 4.74 Å². The van der Waals surface area contributed by atoms with Gasteiger partial charge in [-0.1, -0.05) is 18.6 Å². The molecule has 1 unspecified atom stereocenters. The summed E-state index contributed by atoms with van der Waals surface area (Å²) in [7, 11) is 0. The Morgan fingerprint density at radius 1 is 1.17 bits per heavy atom. The summed E-state index contributed by atoms with van der Waals surface area (Å²) in [6, 6.07) is 7.69. The molecule has 2 heterocycles. The molecule has 5 nitrogen and oxygen atoms in total. The SMILES string of the molecule is O=C1CCC(c2cccc(OCCN3CCCCC3)c2)C(=O)N1. The Bertz CT molecular complexity index is 567. The summed E-state index contributed by atoms with van der Waals surface area (Å²) < 4.78 is 5.86. The monoisotopic (exact) mass is 316 g/mol. The number of carbonyl (C=O) groups excluding carboxylic acids is 2. The Balaban J connectivity index is 1.54. The minimum absolute atomic E-state index is 0.180. The van der Waals surface area contributed by atoms with Gasteiger partial charge in [-0.15, -0.1) is 0 Å². The van der Waals surface area contributed by atoms with Crippen molar-refractivity contribution in [2.45, 2.75) is 38.0 Å². The van der Waals surface area contributed by atoms with Gasteiger partial charge in [0.05, 0.1) is 5.92 Å². The van der Waals surface area contributed by atoms with Crippen molar-refractivity contribution in [3.63, 3.8) is 0 Å². The van der Waals surface area contributed by atoms with E-state index >= 15 is 0 Å². The predicted octanol–water partition coefficient (Wildman–Crippen LogP) is 2.07. The van der Waals surface area contributed by atoms with E-state index in [0.29, 0.717) is 19.4 Å². The summed E-state index contributed by atoms with van der Waals surface area (Å²) in [6.45, 7) is 3.95. The second kappa shape index (κ2) is 7.59. The molecule has 2 saturated heterocycles. The number of rotatable bonds is 5. The van der Waals surface area contributed by atoms with Gasteiger partial charge < -0.3 is 4.74 Å². The van der Waals surface area contributed by atoms with E-state index in [-0.39, 0.29) is 17.7 Å². The van der Waals surface area contributed by atoms with Crippen LogP contribution in [0.25, 0.3) is 0 Å². The fraction of sp³-hybridized carbons (Fsp3) is 0.556. The van der Waals surface area contributed by atoms with Crippen LogP contribution in [0.5, 0.6) is 5.75 Å². The van der Waals surface area contributed by atoms with Crippen molar-refractivity contribution in [1.29, 1.82) is 0 Å². The molecule has 0 radical (unpaired) electrons. The quantitative estimate of drug-likeness (QED) is 0.845. The molecule has 2 aliphatic heterocycles. The first kappa shape index (κ1) is 16.0. The third-order valence-electron chi connectivity index (χ3n) is 4.62. The Morgan fingerprint density at radius 2 is 2.00 bits per heavy atom. The van der Waals surface area contributed by atoms with Gasteiger partial charge in [0.15, 0.2) is 0 Å². The number of piperidine rings is 2. The van der Waals surface area contributed by atoms with Crippen LogP contribution in [0.15, 0.2) is 24.3 Å². The van der Waals surface area contributed by atoms with E-state index < -0.39 is 0 Å². The summed E-state index contributed by atoms with van der Waals surface area (Å²) in [6.07, 6.45) is 4.87. The molecule has 0 aliphatic carbocycles. The number of imide groups is 1. The molecule has 1 aromatic carbocycles. The molecule has 0 bridgehead atoms. The minimum Gasteiger partial charge on any atom is -0.492 e. The molecular formula is C18H24N2O3. The molecule has 2 amide bonds. The lowest BCUT2D eigenvalue weighted by Gasteiger charge is -2.26. The summed E-state index contributed by atoms with van der Waals surface area (Å²) in [5.41, 5.74) is 0.922. The number of ether oxygens (including phenoxy) is 1. The standard InChI is InChI=1S/C18H24N2O3/c21-17-8-7-16(18(22)19-17)14-5-4-6-15(13-14)23-12-11-20-9-2-1-3-10-20/h4-6,13,16H,1-3,7-12H2,(H,19,21,22). The molecule has 2 fully saturated rings. The number of nitrogens with zero attached hydrogens (tertiary/aromatic N) is 1. The van der Waals surface area contributed by atoms with Gasteiger partial charge in [-0.25, -0.2) is 0 Å². The fourth-order valence-corrected chi connectivity index (χ4v) is 3.31. The van der Waals surface area contributed by atoms with E-state index in [1.54, 1.807) is 0 Å². The summed E-state index contributed by atoms with van der Waals surface area (Å²) >= 11 is 0. The lowest BCUT2D eigenvalue weighted by atomic mass is 9.90. The van der Waals surface area contributed by atoms with E-state index in [2.05, 4.69) is 10.2 Å². The van der Waals surface area contributed by atoms with Crippen LogP contribution in [0.2, 0.25) is 0 Å². The number of hydrogen-bond donors (Lipinski definition) is 1. The maximum atomic E-state index is 12.0. The van der Waals surface area contributed by atoms with Crippen LogP contribution in [0.3, 0.4) is 0 Å². The van der Waals surface area contributed by atoms with Crippen molar-refractivity contribution in [3.05, 3.63) is 29.8 Å². The molecule has 5 heteroatoms. The minimum atomic E-state index is -0.252. The number of nitrogens with one attached hydrogen (secondary N) is 1. The Hall–Kier alpha value is -1.88. The highest BCUT2D eigenvalue weighted by molar-refractivity contribution is 6.00. The second-order valence-electron chi connectivity index (χ2n) is 6.33. The van der Waals surface area contributed by atoms with Crippen LogP contribution in [0.4, 0.5) is 0 Å². The van der Waals surface area contributed by atoms with Crippen LogP contribution >= 0.6 is 0 Å². The van der Waals surface area contributed by atoms with E-state index in [1.165, 1.54) is 32.4 Å². The van der Waals surface area contributed by atoms with Gasteiger partial charge in [0.2, 0.25) is 11.8 Å². The van der Waals surface area contributed by atoms with Crippen molar-refractivity contribution in [2.75, 3.05) is 26.2 Å². The number of amides is 2. The van der Waals surface area contributed by atoms with Crippen LogP contribution in [-0.4, -0.2) is 43.0 Å². The van der Waals surface area contributed by atoms with Gasteiger partial charge in [-0.3, -0.25) is 19.8 Å². The third-order valence-corrected chi connectivity index (χ3v) is 4.62. The number of benzene rings is 1. The molecule has 1 atom stereocenters. The molecule has 3 rings (SSSR count). The van der Waals surface area contributed by atoms with Crippen molar-refractivity contribution < 1.29 is 14.3 Å². The van der Waals surface area contributed by atoms with Crippen molar-refractivity contribution in [3.8, 4) is 5.75 Å². The zero-order chi connectivity index (χ0) is 16.1. The molecule has 23 heavy (non-hydrogen) atoms. The molecule has 0 aromatic heterocycles. The molecular weight excluding hydrogens is 292 g/mol. The van der Waals surface area contributed by atoms with Crippen LogP contribution in [0.1, 0.15) is 43.6 Å². The first-order chi connectivity index (χ1) is 11.2. The highest BCUT2D eigenvalue weighted by Gasteiger charge is 2.28. The van der Waals surface area contributed by atoms with Gasteiger partial charge >= 0.3 is 0 Å². The Morgan fingerprint density at radius 3 is 2.78 bits per heavy atom. The average Bonchev–Trinajstić information content (AvgIpc) is 2.56. The maximum absolute atomic E-state index is 12.0. The highest BCUT2D eigenvalue weighted by Crippen LogP contribution is 2.27. The van der Waals surface area contributed by atoms with Crippen LogP contribution in [0, 0.1) is 0 Å². The van der Waals surface area contributed by atoms with E-state index in [1.807, 2.05) is 24.3 Å². The van der Waals surface area contributed by atoms with Crippen LogP contribution in [-0.2, 0) is 9.59 Å². The third kappa shape index (κ3) is 4.32. The summed E-state index contributed by atoms with van der Waals surface area (Å²) in [5.74, 6) is 0.162. The van der Waals surface area contributed by atoms with Crippen LogP contribution < -0.4 is 10.1 Å². The topological polar surface area (TPSA) is 58.6 Å². The number of hydrogen-bond acceptors (Lipinski definition) is 4. The molecule has 0 spiro atoms. The number of likely N-dealkylation sites (tertiary alicyclic amines) is 1. The maximum Gasteiger partial charge on any atom is 0.234 e. The van der Waals surface area contributed by atoms with Gasteiger partial charge in [0, 0.05) is 13.0 Å². The van der Waals surface area contributed by atoms with Gasteiger partial charge in [-0.2, -0.15) is 0 Å². The van der Waals surface area contributed by atoms with E-state index in [0.717, 1.165) is 17.9 Å². The second-order valence-corrected chi connectivity index (χ2v) is 6.33. The largest absolute Gasteiger partial charge is 0.492 e. The predicted molar refractivity (Wildman–Crippen MR) is 87.4 cm³/mol. The molecule has 1 aromatic rings. The van der Waals surface area contributed by atoms with Gasteiger partial charge in [0.25, 0.3) is 0 Å². The normalized spacial score (nSPS) is 22.7. The lowest BCUT2D eigenvalue weighted by molar-refractivity contribution is -0.134. The first-order valence-corrected chi connectivity index (χ1v) is 8.51. The molecule has 0 saturated carbocycles. The zero-order valence-corrected chi connectivity index (χ0v) is 13.4. The smallest absolute Gasteiger partial charge is 0.234 e. The average molecular weight is 316 g/mol. The van der Waals surface area contributed by atoms with Crippen molar-refractivity contribution in [2.24, 2.45) is 0 Å². The van der Waals surface area contributed by atoms with E-state index in [9.17, 15) is 9.59 Å². The zero-order valence-electron chi connectivity index (χ0n) is 13.4. The van der Waals surface area contributed by atoms with Crippen molar-refractivity contribution >= 4 is 11.8 Å². The Labute approximate surface area is 137 Å². The van der Waals surface area contributed by atoms with Gasteiger partial charge in [0.1, 0.15) is 12.4 Å². The van der Waals surface area contributed by atoms with Crippen molar-refractivity contribution in [1.82, 2.24) is 10.2 Å². The van der Waals surface area contributed by atoms with Gasteiger partial charge in [-0.05, 0) is 50.0 Å². The first-order valence-electron chi connectivity index (χ1n) is 8.51. The lowest BCUT2D eigenvalue weighted by Crippen LogP contribution is -2.39. The summed E-state index contributed by atoms with van der Waals surface area (Å²) in [4.78, 5) is 25.6.